The molecule has 1 heteroatoms. The molecule has 0 radical (unpaired) electrons. The number of rotatable bonds is 0. The van der Waals surface area contributed by atoms with E-state index in [2.05, 4.69) is 60.7 Å². The standard InChI is InChI=1S/C19H10Si/c1-2-12-4-6-14-8-10-15-9-7-13-5-3-11(1)16-17(12)19(14)20(15)18(13)16/h1-10H. The zero-order valence-electron chi connectivity index (χ0n) is 10.8. The van der Waals surface area contributed by atoms with E-state index in [4.69, 9.17) is 0 Å². The Morgan fingerprint density at radius 1 is 0.450 bits per heavy atom. The van der Waals surface area contributed by atoms with Crippen LogP contribution in [0.15, 0.2) is 60.7 Å². The van der Waals surface area contributed by atoms with E-state index in [1.165, 1.54) is 32.3 Å². The van der Waals surface area contributed by atoms with Crippen molar-refractivity contribution in [2.75, 3.05) is 0 Å². The van der Waals surface area contributed by atoms with Crippen LogP contribution in [0, 0.1) is 0 Å². The van der Waals surface area contributed by atoms with Crippen LogP contribution in [0.3, 0.4) is 0 Å². The van der Waals surface area contributed by atoms with Crippen molar-refractivity contribution in [3.63, 3.8) is 0 Å². The van der Waals surface area contributed by atoms with E-state index < -0.39 is 8.20 Å². The molecule has 0 nitrogen and oxygen atoms in total. The van der Waals surface area contributed by atoms with Gasteiger partial charge in [0, 0.05) is 0 Å². The summed E-state index contributed by atoms with van der Waals surface area (Å²) in [4.78, 5) is 4.83. The zero-order chi connectivity index (χ0) is 12.8. The molecule has 0 fully saturated rings. The first-order chi connectivity index (χ1) is 9.92. The van der Waals surface area contributed by atoms with Crippen LogP contribution in [0.1, 0.15) is 0 Å². The van der Waals surface area contributed by atoms with E-state index in [1.54, 1.807) is 15.0 Å². The molecule has 6 aromatic rings. The van der Waals surface area contributed by atoms with E-state index >= 15 is 0 Å². The van der Waals surface area contributed by atoms with Crippen LogP contribution >= 0.6 is 0 Å². The molecule has 0 unspecified atom stereocenters. The highest BCUT2D eigenvalue weighted by molar-refractivity contribution is 6.87. The van der Waals surface area contributed by atoms with Crippen LogP contribution in [0.4, 0.5) is 0 Å². The second-order valence-corrected chi connectivity index (χ2v) is 8.15. The van der Waals surface area contributed by atoms with Crippen molar-refractivity contribution in [1.29, 1.82) is 0 Å². The summed E-state index contributed by atoms with van der Waals surface area (Å²) in [6.45, 7) is 0. The molecule has 3 heterocycles. The fraction of sp³-hybridized carbons (Fsp3) is 0. The van der Waals surface area contributed by atoms with E-state index in [1.807, 2.05) is 0 Å². The lowest BCUT2D eigenvalue weighted by atomic mass is 10.00. The molecule has 0 N–H and O–H groups in total. The van der Waals surface area contributed by atoms with Crippen molar-refractivity contribution in [1.82, 2.24) is 0 Å². The predicted molar refractivity (Wildman–Crippen MR) is 88.9 cm³/mol. The minimum atomic E-state index is -0.730. The first-order valence-electron chi connectivity index (χ1n) is 7.05. The zero-order valence-corrected chi connectivity index (χ0v) is 11.8. The summed E-state index contributed by atoms with van der Waals surface area (Å²) in [5.74, 6) is 0. The Balaban J connectivity index is 2.27. The smallest absolute Gasteiger partial charge is 0.0584 e. The Hall–Kier alpha value is -2.25. The molecule has 0 spiro atoms. The van der Waals surface area contributed by atoms with Gasteiger partial charge in [-0.25, -0.2) is 0 Å². The summed E-state index contributed by atoms with van der Waals surface area (Å²) >= 11 is 0. The normalized spacial score (nSPS) is 13.0. The maximum Gasteiger partial charge on any atom is 0.0907 e. The van der Waals surface area contributed by atoms with Crippen LogP contribution in [-0.2, 0) is 0 Å². The van der Waals surface area contributed by atoms with Crippen LogP contribution in [0.5, 0.6) is 0 Å². The Kier molecular flexibility index (Phi) is 1.40. The number of benzene rings is 3. The molecule has 0 bridgehead atoms. The number of hydrogen-bond donors (Lipinski definition) is 0. The van der Waals surface area contributed by atoms with Gasteiger partial charge < -0.3 is 0 Å². The van der Waals surface area contributed by atoms with Crippen molar-refractivity contribution >= 4 is 55.5 Å². The quantitative estimate of drug-likeness (QED) is 0.265. The van der Waals surface area contributed by atoms with Gasteiger partial charge in [-0.15, -0.1) is 0 Å². The molecule has 0 aliphatic rings. The topological polar surface area (TPSA) is 0 Å². The Morgan fingerprint density at radius 3 is 1.35 bits per heavy atom. The molecule has 3 aromatic carbocycles. The predicted octanol–water partition coefficient (Wildman–Crippen LogP) is 5.09. The molecular formula is C19H10Si. The SMILES string of the molecule is c1cc2ccc3ccc4ccc5ccc1c1c2c3[si]4c51. The molecular weight excluding hydrogens is 256 g/mol. The van der Waals surface area contributed by atoms with Gasteiger partial charge in [-0.1, -0.05) is 60.7 Å². The van der Waals surface area contributed by atoms with E-state index in [9.17, 15) is 0 Å². The average molecular weight is 266 g/mol. The van der Waals surface area contributed by atoms with Crippen molar-refractivity contribution < 1.29 is 0 Å². The van der Waals surface area contributed by atoms with Gasteiger partial charge in [0.15, 0.2) is 0 Å². The van der Waals surface area contributed by atoms with Crippen LogP contribution in [-0.4, -0.2) is 8.20 Å². The Labute approximate surface area is 116 Å². The van der Waals surface area contributed by atoms with Crippen molar-refractivity contribution in [2.24, 2.45) is 0 Å². The van der Waals surface area contributed by atoms with Crippen LogP contribution in [0.2, 0.25) is 0 Å². The van der Waals surface area contributed by atoms with Gasteiger partial charge in [-0.3, -0.25) is 0 Å². The third-order valence-corrected chi connectivity index (χ3v) is 7.89. The fourth-order valence-corrected chi connectivity index (χ4v) is 7.35. The molecule has 0 saturated heterocycles. The van der Waals surface area contributed by atoms with Gasteiger partial charge in [0.25, 0.3) is 0 Å². The first kappa shape index (κ1) is 9.62. The molecule has 3 aromatic heterocycles. The molecule has 0 aliphatic carbocycles. The number of hydrogen-bond acceptors (Lipinski definition) is 0. The molecule has 0 atom stereocenters. The molecule has 0 amide bonds. The summed E-state index contributed by atoms with van der Waals surface area (Å²) in [6.07, 6.45) is 0. The van der Waals surface area contributed by atoms with Crippen LogP contribution < -0.4 is 0 Å². The molecule has 20 heavy (non-hydrogen) atoms. The minimum absolute atomic E-state index is 0.730. The second-order valence-electron chi connectivity index (χ2n) is 5.82. The Morgan fingerprint density at radius 2 is 0.850 bits per heavy atom. The van der Waals surface area contributed by atoms with Crippen molar-refractivity contribution in [2.45, 2.75) is 0 Å². The van der Waals surface area contributed by atoms with Gasteiger partial charge in [0.05, 0.1) is 8.20 Å². The lowest BCUT2D eigenvalue weighted by Crippen LogP contribution is -1.91. The van der Waals surface area contributed by atoms with Crippen molar-refractivity contribution in [3.8, 4) is 0 Å². The summed E-state index contributed by atoms with van der Waals surface area (Å²) in [7, 11) is -0.730. The van der Waals surface area contributed by atoms with E-state index in [0.717, 1.165) is 0 Å². The monoisotopic (exact) mass is 266 g/mol. The minimum Gasteiger partial charge on any atom is -0.0584 e. The van der Waals surface area contributed by atoms with Crippen molar-refractivity contribution in [3.05, 3.63) is 60.7 Å². The largest absolute Gasteiger partial charge is 0.0907 e. The van der Waals surface area contributed by atoms with E-state index in [0.29, 0.717) is 0 Å². The summed E-state index contributed by atoms with van der Waals surface area (Å²) in [6, 6.07) is 23.0. The van der Waals surface area contributed by atoms with Gasteiger partial charge in [0.2, 0.25) is 0 Å². The maximum absolute atomic E-state index is 2.34. The third kappa shape index (κ3) is 0.870. The first-order valence-corrected chi connectivity index (χ1v) is 8.55. The summed E-state index contributed by atoms with van der Waals surface area (Å²) < 4.78 is 0. The van der Waals surface area contributed by atoms with Gasteiger partial charge in [-0.05, 0) is 47.3 Å². The fourth-order valence-electron chi connectivity index (χ4n) is 4.08. The van der Waals surface area contributed by atoms with E-state index in [-0.39, 0.29) is 0 Å². The summed E-state index contributed by atoms with van der Waals surface area (Å²) in [5, 5.41) is 8.78. The lowest BCUT2D eigenvalue weighted by molar-refractivity contribution is 1.88. The maximum atomic E-state index is 2.34. The van der Waals surface area contributed by atoms with Gasteiger partial charge >= 0.3 is 0 Å². The summed E-state index contributed by atoms with van der Waals surface area (Å²) in [5.41, 5.74) is 0. The molecule has 90 valence electrons. The van der Waals surface area contributed by atoms with Gasteiger partial charge in [-0.2, -0.15) is 0 Å². The highest BCUT2D eigenvalue weighted by atomic mass is 28.2. The lowest BCUT2D eigenvalue weighted by Gasteiger charge is -2.04. The molecule has 0 aliphatic heterocycles. The van der Waals surface area contributed by atoms with Crippen LogP contribution in [0.25, 0.3) is 47.3 Å². The van der Waals surface area contributed by atoms with Gasteiger partial charge in [0.1, 0.15) is 0 Å². The highest BCUT2D eigenvalue weighted by Crippen LogP contribution is 2.41. The highest BCUT2D eigenvalue weighted by Gasteiger charge is 2.19. The Bertz CT molecular complexity index is 930. The molecule has 0 saturated carbocycles. The second kappa shape index (κ2) is 2.91. The molecule has 6 rings (SSSR count). The average Bonchev–Trinajstić information content (AvgIpc) is 2.88. The third-order valence-electron chi connectivity index (χ3n) is 4.91.